The normalized spacial score (nSPS) is 22.4. The van der Waals surface area contributed by atoms with E-state index in [4.69, 9.17) is 37.9 Å². The standard InChI is InChI=1S/C45H50O9/c1-45(2)52-31-40-43(54-45)41(46)44(53-40)51-30-39(49-27-33-16-8-4-9-17-33)42(50-28-34-18-10-5-11-19-34)38(48-26-32-14-6-3-7-15-32)29-47-25-35-22-23-36-20-12-13-21-37(36)24-35/h3-24,38-44,46H,25-31H2,1-2H3/t38?,39?,40-,41?,42?,43?,44-/m1/s1. The minimum absolute atomic E-state index is 0.0353. The monoisotopic (exact) mass is 734 g/mol. The zero-order valence-electron chi connectivity index (χ0n) is 30.9. The van der Waals surface area contributed by atoms with E-state index in [0.717, 1.165) is 27.6 Å². The van der Waals surface area contributed by atoms with Crippen molar-refractivity contribution in [1.82, 2.24) is 0 Å². The van der Waals surface area contributed by atoms with Gasteiger partial charge in [0.05, 0.1) is 46.2 Å². The van der Waals surface area contributed by atoms with E-state index in [9.17, 15) is 5.11 Å². The van der Waals surface area contributed by atoms with Crippen LogP contribution < -0.4 is 0 Å². The molecule has 2 heterocycles. The maximum absolute atomic E-state index is 11.3. The summed E-state index contributed by atoms with van der Waals surface area (Å²) in [6.07, 6.45) is -4.92. The zero-order chi connectivity index (χ0) is 37.2. The third kappa shape index (κ3) is 10.4. The summed E-state index contributed by atoms with van der Waals surface area (Å²) in [6, 6.07) is 44.6. The van der Waals surface area contributed by atoms with Crippen LogP contribution in [0.4, 0.5) is 0 Å². The Morgan fingerprint density at radius 3 is 1.81 bits per heavy atom. The molecule has 0 spiro atoms. The molecule has 2 aliphatic rings. The highest BCUT2D eigenvalue weighted by molar-refractivity contribution is 5.82. The van der Waals surface area contributed by atoms with Gasteiger partial charge in [0.15, 0.2) is 12.1 Å². The Morgan fingerprint density at radius 2 is 1.19 bits per heavy atom. The van der Waals surface area contributed by atoms with Gasteiger partial charge < -0.3 is 43.0 Å². The molecule has 9 heteroatoms. The number of ether oxygens (including phenoxy) is 8. The summed E-state index contributed by atoms with van der Waals surface area (Å²) < 4.78 is 51.0. The van der Waals surface area contributed by atoms with E-state index in [0.29, 0.717) is 26.4 Å². The molecule has 284 valence electrons. The summed E-state index contributed by atoms with van der Waals surface area (Å²) in [5, 5.41) is 13.6. The van der Waals surface area contributed by atoms with Crippen LogP contribution in [-0.2, 0) is 64.3 Å². The molecule has 2 aliphatic heterocycles. The van der Waals surface area contributed by atoms with Crippen molar-refractivity contribution >= 4 is 10.8 Å². The molecule has 7 atom stereocenters. The Hall–Kier alpha value is -4.00. The quantitative estimate of drug-likeness (QED) is 0.0991. The predicted molar refractivity (Wildman–Crippen MR) is 204 cm³/mol. The molecule has 0 amide bonds. The van der Waals surface area contributed by atoms with Crippen LogP contribution in [0.3, 0.4) is 0 Å². The van der Waals surface area contributed by atoms with Crippen LogP contribution in [0.25, 0.3) is 10.8 Å². The van der Waals surface area contributed by atoms with Gasteiger partial charge in [0.25, 0.3) is 0 Å². The molecule has 0 bridgehead atoms. The van der Waals surface area contributed by atoms with E-state index < -0.39 is 48.7 Å². The van der Waals surface area contributed by atoms with E-state index in [1.54, 1.807) is 0 Å². The number of fused-ring (bicyclic) bond motifs is 2. The first-order chi connectivity index (χ1) is 26.4. The first kappa shape index (κ1) is 38.3. The average Bonchev–Trinajstić information content (AvgIpc) is 3.51. The maximum Gasteiger partial charge on any atom is 0.186 e. The highest BCUT2D eigenvalue weighted by atomic mass is 16.8. The van der Waals surface area contributed by atoms with Crippen molar-refractivity contribution in [1.29, 1.82) is 0 Å². The van der Waals surface area contributed by atoms with Crippen LogP contribution >= 0.6 is 0 Å². The number of benzene rings is 5. The number of aliphatic hydroxyl groups is 1. The predicted octanol–water partition coefficient (Wildman–Crippen LogP) is 7.37. The molecule has 0 aliphatic carbocycles. The lowest BCUT2D eigenvalue weighted by Gasteiger charge is -2.37. The third-order valence-electron chi connectivity index (χ3n) is 9.73. The van der Waals surface area contributed by atoms with Crippen LogP contribution in [0.5, 0.6) is 0 Å². The minimum Gasteiger partial charge on any atom is -0.385 e. The summed E-state index contributed by atoms with van der Waals surface area (Å²) in [6.45, 7) is 5.52. The second-order valence-corrected chi connectivity index (χ2v) is 14.3. The fourth-order valence-electron chi connectivity index (χ4n) is 6.83. The van der Waals surface area contributed by atoms with Gasteiger partial charge in [-0.15, -0.1) is 0 Å². The first-order valence-corrected chi connectivity index (χ1v) is 18.7. The summed E-state index contributed by atoms with van der Waals surface area (Å²) in [4.78, 5) is 0. The van der Waals surface area contributed by atoms with E-state index >= 15 is 0 Å². The topological polar surface area (TPSA) is 94.1 Å². The van der Waals surface area contributed by atoms with Gasteiger partial charge in [-0.25, -0.2) is 0 Å². The smallest absolute Gasteiger partial charge is 0.186 e. The maximum atomic E-state index is 11.3. The van der Waals surface area contributed by atoms with Gasteiger partial charge in [0, 0.05) is 0 Å². The molecule has 0 aromatic heterocycles. The van der Waals surface area contributed by atoms with Crippen molar-refractivity contribution in [3.8, 4) is 0 Å². The van der Waals surface area contributed by atoms with Crippen molar-refractivity contribution in [2.75, 3.05) is 19.8 Å². The number of hydrogen-bond donors (Lipinski definition) is 1. The lowest BCUT2D eigenvalue weighted by molar-refractivity contribution is -0.300. The van der Waals surface area contributed by atoms with Gasteiger partial charge in [0.1, 0.15) is 36.6 Å². The molecular weight excluding hydrogens is 684 g/mol. The highest BCUT2D eigenvalue weighted by Gasteiger charge is 2.51. The third-order valence-corrected chi connectivity index (χ3v) is 9.73. The van der Waals surface area contributed by atoms with Crippen molar-refractivity contribution < 1.29 is 43.0 Å². The van der Waals surface area contributed by atoms with Crippen LogP contribution in [0.2, 0.25) is 0 Å². The van der Waals surface area contributed by atoms with Gasteiger partial charge >= 0.3 is 0 Å². The van der Waals surface area contributed by atoms with Gasteiger partial charge in [-0.05, 0) is 52.9 Å². The summed E-state index contributed by atoms with van der Waals surface area (Å²) in [5.41, 5.74) is 4.07. The zero-order valence-corrected chi connectivity index (χ0v) is 30.9. The van der Waals surface area contributed by atoms with E-state index in [1.165, 1.54) is 5.39 Å². The second kappa shape index (κ2) is 18.6. The van der Waals surface area contributed by atoms with Gasteiger partial charge in [-0.1, -0.05) is 127 Å². The van der Waals surface area contributed by atoms with Crippen LogP contribution in [0.15, 0.2) is 133 Å². The molecule has 0 radical (unpaired) electrons. The average molecular weight is 735 g/mol. The highest BCUT2D eigenvalue weighted by Crippen LogP contribution is 2.34. The molecule has 5 unspecified atom stereocenters. The van der Waals surface area contributed by atoms with Crippen molar-refractivity contribution in [2.24, 2.45) is 0 Å². The minimum atomic E-state index is -1.02. The Labute approximate surface area is 317 Å². The Morgan fingerprint density at radius 1 is 0.630 bits per heavy atom. The molecule has 9 nitrogen and oxygen atoms in total. The van der Waals surface area contributed by atoms with E-state index in [1.807, 2.05) is 117 Å². The van der Waals surface area contributed by atoms with Crippen molar-refractivity contribution in [2.45, 2.75) is 89.0 Å². The molecule has 54 heavy (non-hydrogen) atoms. The molecule has 5 aromatic rings. The molecule has 2 fully saturated rings. The van der Waals surface area contributed by atoms with Crippen molar-refractivity contribution in [3.63, 3.8) is 0 Å². The Kier molecular flexibility index (Phi) is 13.2. The first-order valence-electron chi connectivity index (χ1n) is 18.7. The lowest BCUT2D eigenvalue weighted by Crippen LogP contribution is -2.50. The molecule has 7 rings (SSSR count). The van der Waals surface area contributed by atoms with Crippen LogP contribution in [0, 0.1) is 0 Å². The van der Waals surface area contributed by atoms with Gasteiger partial charge in [0.2, 0.25) is 0 Å². The van der Waals surface area contributed by atoms with Crippen LogP contribution in [0.1, 0.15) is 36.1 Å². The lowest BCUT2D eigenvalue weighted by atomic mass is 10.1. The van der Waals surface area contributed by atoms with Crippen LogP contribution in [-0.4, -0.2) is 73.6 Å². The van der Waals surface area contributed by atoms with E-state index in [2.05, 4.69) is 30.3 Å². The SMILES string of the molecule is CC1(C)OC[C@H]2O[C@@H](OCC(OCc3ccccc3)C(OCc3ccccc3)C(COCc3ccc4ccccc4c3)OCc3ccccc3)C(O)C2O1. The molecule has 0 saturated carbocycles. The number of aliphatic hydroxyl groups excluding tert-OH is 1. The Bertz CT molecular complexity index is 1860. The molecule has 1 N–H and O–H groups in total. The second-order valence-electron chi connectivity index (χ2n) is 14.3. The number of hydrogen-bond acceptors (Lipinski definition) is 9. The molecule has 5 aromatic carbocycles. The number of rotatable bonds is 18. The van der Waals surface area contributed by atoms with Crippen molar-refractivity contribution in [3.05, 3.63) is 156 Å². The summed E-state index contributed by atoms with van der Waals surface area (Å²) in [5.74, 6) is -0.839. The van der Waals surface area contributed by atoms with Gasteiger partial charge in [-0.2, -0.15) is 0 Å². The summed E-state index contributed by atoms with van der Waals surface area (Å²) >= 11 is 0. The van der Waals surface area contributed by atoms with Gasteiger partial charge in [-0.3, -0.25) is 0 Å². The van der Waals surface area contributed by atoms with E-state index in [-0.39, 0.29) is 19.8 Å². The largest absolute Gasteiger partial charge is 0.385 e. The fraction of sp³-hybridized carbons (Fsp3) is 0.378. The summed E-state index contributed by atoms with van der Waals surface area (Å²) in [7, 11) is 0. The molecule has 2 saturated heterocycles. The Balaban J connectivity index is 1.14. The fourth-order valence-corrected chi connectivity index (χ4v) is 6.83. The molecular formula is C45H50O9.